The Kier molecular flexibility index (Phi) is 5.61. The Morgan fingerprint density at radius 3 is 2.37 bits per heavy atom. The van der Waals surface area contributed by atoms with Gasteiger partial charge in [0.05, 0.1) is 12.8 Å². The molecule has 0 unspecified atom stereocenters. The van der Waals surface area contributed by atoms with Crippen LogP contribution >= 0.6 is 0 Å². The number of ether oxygens (including phenoxy) is 1. The molecule has 3 amide bonds. The highest BCUT2D eigenvalue weighted by Crippen LogP contribution is 2.20. The zero-order valence-electron chi connectivity index (χ0n) is 16.2. The fraction of sp³-hybridized carbons (Fsp3) is 0.174. The molecule has 1 N–H and O–H groups in total. The minimum Gasteiger partial charge on any atom is -0.489 e. The molecule has 4 rings (SSSR count). The van der Waals surface area contributed by atoms with E-state index in [-0.39, 0.29) is 49.5 Å². The first-order chi connectivity index (χ1) is 14.6. The molecular weight excluding hydrogens is 384 g/mol. The van der Waals surface area contributed by atoms with Crippen LogP contribution in [0.2, 0.25) is 0 Å². The van der Waals surface area contributed by atoms with Crippen molar-refractivity contribution in [1.29, 1.82) is 0 Å². The minimum absolute atomic E-state index is 0.152. The van der Waals surface area contributed by atoms with Gasteiger partial charge in [0.2, 0.25) is 11.8 Å². The third-order valence-corrected chi connectivity index (χ3v) is 4.80. The molecule has 7 heteroatoms. The van der Waals surface area contributed by atoms with Crippen LogP contribution in [0.5, 0.6) is 5.75 Å². The van der Waals surface area contributed by atoms with Gasteiger partial charge in [-0.15, -0.1) is 0 Å². The number of anilines is 1. The summed E-state index contributed by atoms with van der Waals surface area (Å²) in [6, 6.07) is 18.0. The Bertz CT molecular complexity index is 1040. The van der Waals surface area contributed by atoms with Gasteiger partial charge < -0.3 is 14.5 Å². The highest BCUT2D eigenvalue weighted by Gasteiger charge is 2.28. The third kappa shape index (κ3) is 4.41. The van der Waals surface area contributed by atoms with Crippen molar-refractivity contribution in [3.8, 4) is 5.75 Å². The quantitative estimate of drug-likeness (QED) is 0.606. The summed E-state index contributed by atoms with van der Waals surface area (Å²) in [6.07, 6.45) is 1.99. The van der Waals surface area contributed by atoms with E-state index >= 15 is 0 Å². The molecule has 0 spiro atoms. The maximum absolute atomic E-state index is 12.6. The predicted octanol–water partition coefficient (Wildman–Crippen LogP) is 3.76. The number of imide groups is 1. The van der Waals surface area contributed by atoms with Crippen molar-refractivity contribution in [2.75, 3.05) is 5.32 Å². The van der Waals surface area contributed by atoms with Gasteiger partial charge in [-0.25, -0.2) is 0 Å². The van der Waals surface area contributed by atoms with Crippen molar-refractivity contribution in [3.63, 3.8) is 0 Å². The number of likely N-dealkylation sites (tertiary alicyclic amines) is 1. The van der Waals surface area contributed by atoms with Crippen LogP contribution in [0.4, 0.5) is 5.69 Å². The fourth-order valence-electron chi connectivity index (χ4n) is 3.19. The molecule has 1 aromatic heterocycles. The summed E-state index contributed by atoms with van der Waals surface area (Å²) in [7, 11) is 0. The van der Waals surface area contributed by atoms with Crippen LogP contribution in [0.3, 0.4) is 0 Å². The average molecular weight is 404 g/mol. The van der Waals surface area contributed by atoms with E-state index in [0.717, 1.165) is 5.56 Å². The molecule has 1 aliphatic rings. The van der Waals surface area contributed by atoms with Gasteiger partial charge >= 0.3 is 0 Å². The van der Waals surface area contributed by atoms with Crippen LogP contribution in [0.1, 0.15) is 34.5 Å². The topological polar surface area (TPSA) is 88.9 Å². The first-order valence-electron chi connectivity index (χ1n) is 9.58. The first kappa shape index (κ1) is 19.4. The molecular formula is C23H20N2O5. The number of hydrogen-bond acceptors (Lipinski definition) is 5. The number of carbonyl (C=O) groups is 3. The Hall–Kier alpha value is -3.87. The highest BCUT2D eigenvalue weighted by molar-refractivity contribution is 6.03. The van der Waals surface area contributed by atoms with E-state index in [1.165, 1.54) is 11.2 Å². The second-order valence-electron chi connectivity index (χ2n) is 6.90. The average Bonchev–Trinajstić information content (AvgIpc) is 3.36. The van der Waals surface area contributed by atoms with Gasteiger partial charge in [-0.2, -0.15) is 0 Å². The van der Waals surface area contributed by atoms with Crippen LogP contribution in [-0.4, -0.2) is 22.6 Å². The summed E-state index contributed by atoms with van der Waals surface area (Å²) >= 11 is 0. The number of benzene rings is 2. The lowest BCUT2D eigenvalue weighted by molar-refractivity contribution is -0.139. The SMILES string of the molecule is O=C(Nc1ccc(CN2C(=O)CCC2=O)cc1)c1occc1COc1ccccc1. The van der Waals surface area contributed by atoms with E-state index in [0.29, 0.717) is 17.0 Å². The molecule has 0 bridgehead atoms. The van der Waals surface area contributed by atoms with Crippen molar-refractivity contribution < 1.29 is 23.5 Å². The summed E-state index contributed by atoms with van der Waals surface area (Å²) in [4.78, 5) is 37.3. The second-order valence-corrected chi connectivity index (χ2v) is 6.90. The maximum atomic E-state index is 12.6. The van der Waals surface area contributed by atoms with E-state index in [1.54, 1.807) is 30.3 Å². The minimum atomic E-state index is -0.385. The molecule has 0 saturated carbocycles. The Balaban J connectivity index is 1.37. The van der Waals surface area contributed by atoms with Gasteiger partial charge in [-0.05, 0) is 35.9 Å². The third-order valence-electron chi connectivity index (χ3n) is 4.80. The maximum Gasteiger partial charge on any atom is 0.291 e. The van der Waals surface area contributed by atoms with E-state index in [4.69, 9.17) is 9.15 Å². The fourth-order valence-corrected chi connectivity index (χ4v) is 3.19. The second kappa shape index (κ2) is 8.65. The summed E-state index contributed by atoms with van der Waals surface area (Å²) in [5, 5.41) is 2.79. The first-order valence-corrected chi connectivity index (χ1v) is 9.58. The Morgan fingerprint density at radius 1 is 0.967 bits per heavy atom. The monoisotopic (exact) mass is 404 g/mol. The number of amides is 3. The lowest BCUT2D eigenvalue weighted by Crippen LogP contribution is -2.28. The van der Waals surface area contributed by atoms with Gasteiger partial charge in [0.1, 0.15) is 12.4 Å². The highest BCUT2D eigenvalue weighted by atomic mass is 16.5. The predicted molar refractivity (Wildman–Crippen MR) is 109 cm³/mol. The lowest BCUT2D eigenvalue weighted by atomic mass is 10.2. The summed E-state index contributed by atoms with van der Waals surface area (Å²) in [5.74, 6) is 0.198. The number of furan rings is 1. The van der Waals surface area contributed by atoms with Crippen LogP contribution in [0.25, 0.3) is 0 Å². The van der Waals surface area contributed by atoms with Crippen LogP contribution in [0.15, 0.2) is 71.3 Å². The Morgan fingerprint density at radius 2 is 1.67 bits per heavy atom. The van der Waals surface area contributed by atoms with Crippen molar-refractivity contribution in [1.82, 2.24) is 4.90 Å². The standard InChI is InChI=1S/C23H20N2O5/c26-20-10-11-21(27)25(20)14-16-6-8-18(9-7-16)24-23(28)22-17(12-13-29-22)15-30-19-4-2-1-3-5-19/h1-9,12-13H,10-11,14-15H2,(H,24,28). The molecule has 1 fully saturated rings. The van der Waals surface area contributed by atoms with Crippen molar-refractivity contribution in [2.24, 2.45) is 0 Å². The summed E-state index contributed by atoms with van der Waals surface area (Å²) in [6.45, 7) is 0.450. The van der Waals surface area contributed by atoms with Crippen LogP contribution in [0, 0.1) is 0 Å². The molecule has 7 nitrogen and oxygen atoms in total. The number of para-hydroxylation sites is 1. The molecule has 30 heavy (non-hydrogen) atoms. The van der Waals surface area contributed by atoms with Crippen molar-refractivity contribution in [2.45, 2.75) is 26.0 Å². The Labute approximate surface area is 173 Å². The molecule has 1 aliphatic heterocycles. The zero-order chi connectivity index (χ0) is 20.9. The number of rotatable bonds is 7. The molecule has 0 aliphatic carbocycles. The molecule has 0 atom stereocenters. The molecule has 0 radical (unpaired) electrons. The van der Waals surface area contributed by atoms with Gasteiger partial charge in [-0.1, -0.05) is 30.3 Å². The number of hydrogen-bond donors (Lipinski definition) is 1. The lowest BCUT2D eigenvalue weighted by Gasteiger charge is -2.14. The van der Waals surface area contributed by atoms with E-state index in [2.05, 4.69) is 5.32 Å². The van der Waals surface area contributed by atoms with Crippen molar-refractivity contribution in [3.05, 3.63) is 83.8 Å². The van der Waals surface area contributed by atoms with Crippen LogP contribution in [-0.2, 0) is 22.7 Å². The van der Waals surface area contributed by atoms with Crippen molar-refractivity contribution >= 4 is 23.4 Å². The molecule has 1 saturated heterocycles. The summed E-state index contributed by atoms with van der Waals surface area (Å²) in [5.41, 5.74) is 2.03. The number of nitrogens with zero attached hydrogens (tertiary/aromatic N) is 1. The molecule has 152 valence electrons. The van der Waals surface area contributed by atoms with Gasteiger partial charge in [0, 0.05) is 24.1 Å². The molecule has 2 heterocycles. The van der Waals surface area contributed by atoms with Gasteiger partial charge in [0.25, 0.3) is 5.91 Å². The molecule has 3 aromatic rings. The summed E-state index contributed by atoms with van der Waals surface area (Å²) < 4.78 is 11.0. The smallest absolute Gasteiger partial charge is 0.291 e. The largest absolute Gasteiger partial charge is 0.489 e. The van der Waals surface area contributed by atoms with Gasteiger partial charge in [-0.3, -0.25) is 19.3 Å². The van der Waals surface area contributed by atoms with Crippen LogP contribution < -0.4 is 10.1 Å². The van der Waals surface area contributed by atoms with E-state index in [1.807, 2.05) is 30.3 Å². The number of carbonyl (C=O) groups excluding carboxylic acids is 3. The zero-order valence-corrected chi connectivity index (χ0v) is 16.2. The van der Waals surface area contributed by atoms with E-state index in [9.17, 15) is 14.4 Å². The molecule has 2 aromatic carbocycles. The van der Waals surface area contributed by atoms with E-state index < -0.39 is 0 Å². The number of nitrogens with one attached hydrogen (secondary N) is 1. The van der Waals surface area contributed by atoms with Gasteiger partial charge in [0.15, 0.2) is 5.76 Å². The normalized spacial score (nSPS) is 13.5.